The van der Waals surface area contributed by atoms with Crippen LogP contribution in [0.1, 0.15) is 6.92 Å². The molecule has 0 atom stereocenters. The Labute approximate surface area is 118 Å². The number of rotatable bonds is 4. The molecule has 2 heterocycles. The number of ether oxygens (including phenoxy) is 1. The number of aromatic nitrogens is 2. The largest absolute Gasteiger partial charge is 0.478 e. The van der Waals surface area contributed by atoms with Crippen LogP contribution in [0.5, 0.6) is 5.88 Å². The maximum Gasteiger partial charge on any atom is 0.213 e. The Balaban J connectivity index is 2.13. The van der Waals surface area contributed by atoms with Crippen molar-refractivity contribution in [3.05, 3.63) is 40.1 Å². The molecule has 0 fully saturated rings. The lowest BCUT2D eigenvalue weighted by atomic mass is 10.4. The summed E-state index contributed by atoms with van der Waals surface area (Å²) < 4.78 is 6.10. The molecule has 2 rings (SSSR count). The first kappa shape index (κ1) is 13.1. The second-order valence-corrected chi connectivity index (χ2v) is 4.75. The highest BCUT2D eigenvalue weighted by atomic mass is 79.9. The fourth-order valence-corrected chi connectivity index (χ4v) is 2.01. The second-order valence-electron chi connectivity index (χ2n) is 3.43. The normalized spacial score (nSPS) is 10.2. The van der Waals surface area contributed by atoms with Crippen molar-refractivity contribution in [2.45, 2.75) is 6.92 Å². The van der Waals surface area contributed by atoms with Crippen LogP contribution in [-0.2, 0) is 0 Å². The fourth-order valence-electron chi connectivity index (χ4n) is 1.33. The zero-order chi connectivity index (χ0) is 13.0. The number of pyridine rings is 2. The Hall–Kier alpha value is -1.33. The highest BCUT2D eigenvalue weighted by molar-refractivity contribution is 9.10. The molecule has 18 heavy (non-hydrogen) atoms. The Morgan fingerprint density at radius 2 is 2.17 bits per heavy atom. The summed E-state index contributed by atoms with van der Waals surface area (Å²) >= 11 is 9.37. The molecule has 0 unspecified atom stereocenters. The fraction of sp³-hybridized carbons (Fsp3) is 0.167. The summed E-state index contributed by atoms with van der Waals surface area (Å²) in [4.78, 5) is 8.33. The molecule has 2 aromatic rings. The van der Waals surface area contributed by atoms with Gasteiger partial charge in [0.2, 0.25) is 5.88 Å². The highest BCUT2D eigenvalue weighted by Crippen LogP contribution is 2.25. The van der Waals surface area contributed by atoms with Gasteiger partial charge in [-0.3, -0.25) is 0 Å². The van der Waals surface area contributed by atoms with Crippen LogP contribution < -0.4 is 10.1 Å². The number of halogens is 2. The van der Waals surface area contributed by atoms with Gasteiger partial charge in [0, 0.05) is 16.7 Å². The molecule has 2 aromatic heterocycles. The van der Waals surface area contributed by atoms with Gasteiger partial charge in [-0.15, -0.1) is 0 Å². The van der Waals surface area contributed by atoms with Crippen molar-refractivity contribution in [3.8, 4) is 5.88 Å². The lowest BCUT2D eigenvalue weighted by Crippen LogP contribution is -1.97. The summed E-state index contributed by atoms with van der Waals surface area (Å²) in [6.07, 6.45) is 3.35. The first-order valence-corrected chi connectivity index (χ1v) is 6.53. The van der Waals surface area contributed by atoms with Crippen molar-refractivity contribution < 1.29 is 4.74 Å². The Kier molecular flexibility index (Phi) is 4.38. The van der Waals surface area contributed by atoms with E-state index < -0.39 is 0 Å². The minimum Gasteiger partial charge on any atom is -0.478 e. The van der Waals surface area contributed by atoms with Gasteiger partial charge in [-0.1, -0.05) is 11.6 Å². The molecule has 0 bridgehead atoms. The number of anilines is 2. The molecule has 0 saturated heterocycles. The van der Waals surface area contributed by atoms with Gasteiger partial charge in [0.25, 0.3) is 0 Å². The first-order chi connectivity index (χ1) is 8.69. The molecule has 0 spiro atoms. The van der Waals surface area contributed by atoms with Gasteiger partial charge >= 0.3 is 0 Å². The SMILES string of the molecule is CCOc1ccc(Nc2ncc(Br)cc2Cl)cn1. The zero-order valence-corrected chi connectivity index (χ0v) is 12.0. The summed E-state index contributed by atoms with van der Waals surface area (Å²) in [6.45, 7) is 2.51. The molecular weight excluding hydrogens is 318 g/mol. The molecule has 0 saturated carbocycles. The third-order valence-electron chi connectivity index (χ3n) is 2.10. The van der Waals surface area contributed by atoms with E-state index in [4.69, 9.17) is 16.3 Å². The quantitative estimate of drug-likeness (QED) is 0.920. The molecule has 0 aliphatic carbocycles. The van der Waals surface area contributed by atoms with Crippen LogP contribution in [0.3, 0.4) is 0 Å². The van der Waals surface area contributed by atoms with Crippen molar-refractivity contribution in [2.24, 2.45) is 0 Å². The van der Waals surface area contributed by atoms with Crippen LogP contribution in [0.25, 0.3) is 0 Å². The molecule has 1 N–H and O–H groups in total. The van der Waals surface area contributed by atoms with E-state index in [0.29, 0.717) is 23.3 Å². The number of nitrogens with one attached hydrogen (secondary N) is 1. The highest BCUT2D eigenvalue weighted by Gasteiger charge is 2.03. The number of hydrogen-bond acceptors (Lipinski definition) is 4. The van der Waals surface area contributed by atoms with Gasteiger partial charge in [0.15, 0.2) is 0 Å². The van der Waals surface area contributed by atoms with Gasteiger partial charge in [-0.25, -0.2) is 9.97 Å². The van der Waals surface area contributed by atoms with Crippen molar-refractivity contribution >= 4 is 39.0 Å². The minimum absolute atomic E-state index is 0.540. The second kappa shape index (κ2) is 6.02. The molecule has 94 valence electrons. The smallest absolute Gasteiger partial charge is 0.213 e. The van der Waals surface area contributed by atoms with E-state index in [1.54, 1.807) is 24.5 Å². The lowest BCUT2D eigenvalue weighted by molar-refractivity contribution is 0.327. The lowest BCUT2D eigenvalue weighted by Gasteiger charge is -2.08. The predicted molar refractivity (Wildman–Crippen MR) is 75.6 cm³/mol. The molecule has 6 heteroatoms. The van der Waals surface area contributed by atoms with E-state index in [-0.39, 0.29) is 0 Å². The van der Waals surface area contributed by atoms with Gasteiger partial charge < -0.3 is 10.1 Å². The summed E-state index contributed by atoms with van der Waals surface area (Å²) in [5.41, 5.74) is 0.801. The van der Waals surface area contributed by atoms with E-state index in [1.165, 1.54) is 0 Å². The summed E-state index contributed by atoms with van der Waals surface area (Å²) in [6, 6.07) is 5.43. The van der Waals surface area contributed by atoms with Crippen LogP contribution in [0.4, 0.5) is 11.5 Å². The zero-order valence-electron chi connectivity index (χ0n) is 9.65. The minimum atomic E-state index is 0.540. The van der Waals surface area contributed by atoms with Crippen LogP contribution in [0, 0.1) is 0 Å². The van der Waals surface area contributed by atoms with Gasteiger partial charge in [-0.2, -0.15) is 0 Å². The Morgan fingerprint density at radius 3 is 2.78 bits per heavy atom. The number of hydrogen-bond donors (Lipinski definition) is 1. The molecule has 0 aliphatic rings. The van der Waals surface area contributed by atoms with Crippen molar-refractivity contribution in [1.82, 2.24) is 9.97 Å². The monoisotopic (exact) mass is 327 g/mol. The van der Waals surface area contributed by atoms with Crippen LogP contribution in [-0.4, -0.2) is 16.6 Å². The van der Waals surface area contributed by atoms with E-state index >= 15 is 0 Å². The summed E-state index contributed by atoms with van der Waals surface area (Å²) in [5, 5.41) is 3.63. The predicted octanol–water partition coefficient (Wildman–Crippen LogP) is 4.03. The summed E-state index contributed by atoms with van der Waals surface area (Å²) in [7, 11) is 0. The summed E-state index contributed by atoms with van der Waals surface area (Å²) in [5.74, 6) is 1.18. The van der Waals surface area contributed by atoms with Gasteiger partial charge in [0.05, 0.1) is 23.5 Å². The van der Waals surface area contributed by atoms with Crippen LogP contribution >= 0.6 is 27.5 Å². The van der Waals surface area contributed by atoms with E-state index in [2.05, 4.69) is 31.2 Å². The third kappa shape index (κ3) is 3.34. The maximum atomic E-state index is 6.06. The van der Waals surface area contributed by atoms with Crippen molar-refractivity contribution in [2.75, 3.05) is 11.9 Å². The molecule has 0 radical (unpaired) electrons. The molecule has 4 nitrogen and oxygen atoms in total. The van der Waals surface area contributed by atoms with Crippen LogP contribution in [0.2, 0.25) is 5.02 Å². The number of nitrogens with zero attached hydrogens (tertiary/aromatic N) is 2. The van der Waals surface area contributed by atoms with Crippen molar-refractivity contribution in [1.29, 1.82) is 0 Å². The average Bonchev–Trinajstić information content (AvgIpc) is 2.35. The van der Waals surface area contributed by atoms with Crippen molar-refractivity contribution in [3.63, 3.8) is 0 Å². The topological polar surface area (TPSA) is 47.0 Å². The van der Waals surface area contributed by atoms with Gasteiger partial charge in [0.1, 0.15) is 5.82 Å². The molecule has 0 aliphatic heterocycles. The Bertz CT molecular complexity index is 533. The third-order valence-corrected chi connectivity index (χ3v) is 2.82. The molecule has 0 amide bonds. The van der Waals surface area contributed by atoms with E-state index in [0.717, 1.165) is 10.2 Å². The maximum absolute atomic E-state index is 6.06. The van der Waals surface area contributed by atoms with E-state index in [9.17, 15) is 0 Å². The average molecular weight is 329 g/mol. The van der Waals surface area contributed by atoms with Gasteiger partial charge in [-0.05, 0) is 35.0 Å². The van der Waals surface area contributed by atoms with E-state index in [1.807, 2.05) is 13.0 Å². The standard InChI is InChI=1S/C12H11BrClN3O/c1-2-18-11-4-3-9(7-15-11)17-12-10(14)5-8(13)6-16-12/h3-7H,2H2,1H3,(H,16,17). The molecular formula is C12H11BrClN3O. The van der Waals surface area contributed by atoms with Crippen LogP contribution in [0.15, 0.2) is 35.1 Å². The molecule has 0 aromatic carbocycles. The Morgan fingerprint density at radius 1 is 1.33 bits per heavy atom. The first-order valence-electron chi connectivity index (χ1n) is 5.36.